The molecule has 0 aliphatic heterocycles. The number of methoxy groups -OCH3 is 1. The zero-order chi connectivity index (χ0) is 14.8. The lowest BCUT2D eigenvalue weighted by molar-refractivity contribution is -0.140. The highest BCUT2D eigenvalue weighted by atomic mass is 16.5. The topological polar surface area (TPSA) is 125 Å². The van der Waals surface area contributed by atoms with Crippen molar-refractivity contribution in [2.75, 3.05) is 13.7 Å². The number of carboxylic acids is 2. The predicted octanol–water partition coefficient (Wildman–Crippen LogP) is 0.0286. The minimum Gasteiger partial charge on any atom is -0.481 e. The number of carbonyl (C=O) groups is 3. The second-order valence-corrected chi connectivity index (χ2v) is 4.00. The molecule has 0 saturated carbocycles. The first-order valence-electron chi connectivity index (χ1n) is 5.91. The molecule has 2 amide bonds. The van der Waals surface area contributed by atoms with Crippen LogP contribution in [0.15, 0.2) is 0 Å². The van der Waals surface area contributed by atoms with E-state index in [-0.39, 0.29) is 18.9 Å². The minimum atomic E-state index is -1.27. The Morgan fingerprint density at radius 3 is 2.26 bits per heavy atom. The molecule has 1 unspecified atom stereocenters. The Morgan fingerprint density at radius 2 is 1.84 bits per heavy atom. The largest absolute Gasteiger partial charge is 0.481 e. The monoisotopic (exact) mass is 276 g/mol. The normalized spacial score (nSPS) is 13.4. The highest BCUT2D eigenvalue weighted by molar-refractivity contribution is 5.83. The maximum Gasteiger partial charge on any atom is 0.326 e. The first-order valence-corrected chi connectivity index (χ1v) is 5.91. The van der Waals surface area contributed by atoms with Gasteiger partial charge in [-0.2, -0.15) is 0 Å². The molecule has 19 heavy (non-hydrogen) atoms. The molecule has 0 rings (SSSR count). The minimum absolute atomic E-state index is 0.168. The van der Waals surface area contributed by atoms with E-state index >= 15 is 0 Å². The number of rotatable bonds is 9. The Kier molecular flexibility index (Phi) is 8.27. The number of urea groups is 1. The van der Waals surface area contributed by atoms with Gasteiger partial charge in [0.1, 0.15) is 6.04 Å². The summed E-state index contributed by atoms with van der Waals surface area (Å²) in [6.45, 7) is 2.17. The summed E-state index contributed by atoms with van der Waals surface area (Å²) in [5, 5.41) is 22.1. The van der Waals surface area contributed by atoms with E-state index in [1.54, 1.807) is 0 Å². The SMILES string of the molecule is CCC(COC)NC(=O)N[C@@H](CCC(=O)O)C(=O)O. The average molecular weight is 276 g/mol. The molecule has 0 aliphatic carbocycles. The molecule has 0 fully saturated rings. The van der Waals surface area contributed by atoms with Crippen molar-refractivity contribution in [1.82, 2.24) is 10.6 Å². The van der Waals surface area contributed by atoms with Gasteiger partial charge in [0.15, 0.2) is 0 Å². The van der Waals surface area contributed by atoms with Gasteiger partial charge in [0.25, 0.3) is 0 Å². The number of hydrogen-bond acceptors (Lipinski definition) is 4. The summed E-state index contributed by atoms with van der Waals surface area (Å²) < 4.78 is 4.89. The van der Waals surface area contributed by atoms with Gasteiger partial charge in [-0.3, -0.25) is 4.79 Å². The van der Waals surface area contributed by atoms with Crippen LogP contribution < -0.4 is 10.6 Å². The van der Waals surface area contributed by atoms with Crippen molar-refractivity contribution in [3.63, 3.8) is 0 Å². The highest BCUT2D eigenvalue weighted by Gasteiger charge is 2.21. The first kappa shape index (κ1) is 17.2. The van der Waals surface area contributed by atoms with Gasteiger partial charge in [-0.1, -0.05) is 6.92 Å². The average Bonchev–Trinajstić information content (AvgIpc) is 2.33. The maximum atomic E-state index is 11.6. The number of aliphatic carboxylic acids is 2. The molecule has 4 N–H and O–H groups in total. The fraction of sp³-hybridized carbons (Fsp3) is 0.727. The fourth-order valence-corrected chi connectivity index (χ4v) is 1.37. The second-order valence-electron chi connectivity index (χ2n) is 4.00. The van der Waals surface area contributed by atoms with Crippen LogP contribution in [-0.2, 0) is 14.3 Å². The van der Waals surface area contributed by atoms with Crippen LogP contribution in [0, 0.1) is 0 Å². The van der Waals surface area contributed by atoms with Gasteiger partial charge >= 0.3 is 18.0 Å². The van der Waals surface area contributed by atoms with E-state index in [2.05, 4.69) is 10.6 Å². The summed E-state index contributed by atoms with van der Waals surface area (Å²) in [7, 11) is 1.50. The molecule has 8 heteroatoms. The molecule has 2 atom stereocenters. The summed E-state index contributed by atoms with van der Waals surface area (Å²) in [5.41, 5.74) is 0. The third-order valence-corrected chi connectivity index (χ3v) is 2.45. The molecule has 0 bridgehead atoms. The molecule has 8 nitrogen and oxygen atoms in total. The van der Waals surface area contributed by atoms with Gasteiger partial charge in [0, 0.05) is 13.5 Å². The molecule has 110 valence electrons. The molecule has 0 aliphatic rings. The van der Waals surface area contributed by atoms with Crippen molar-refractivity contribution in [2.45, 2.75) is 38.3 Å². The molecular formula is C11H20N2O6. The van der Waals surface area contributed by atoms with Crippen LogP contribution in [0.25, 0.3) is 0 Å². The van der Waals surface area contributed by atoms with Crippen LogP contribution in [0.2, 0.25) is 0 Å². The van der Waals surface area contributed by atoms with E-state index in [0.29, 0.717) is 13.0 Å². The number of carboxylic acid groups (broad SMARTS) is 2. The first-order chi connectivity index (χ1) is 8.90. The molecule has 0 heterocycles. The van der Waals surface area contributed by atoms with Gasteiger partial charge in [-0.05, 0) is 12.8 Å². The fourth-order valence-electron chi connectivity index (χ4n) is 1.37. The van der Waals surface area contributed by atoms with Gasteiger partial charge in [-0.15, -0.1) is 0 Å². The summed E-state index contributed by atoms with van der Waals surface area (Å²) in [6, 6.07) is -2.10. The van der Waals surface area contributed by atoms with Crippen molar-refractivity contribution >= 4 is 18.0 Å². The molecule has 0 aromatic rings. The van der Waals surface area contributed by atoms with Gasteiger partial charge in [0.2, 0.25) is 0 Å². The van der Waals surface area contributed by atoms with E-state index in [1.807, 2.05) is 6.92 Å². The van der Waals surface area contributed by atoms with Crippen LogP contribution >= 0.6 is 0 Å². The summed E-state index contributed by atoms with van der Waals surface area (Å²) in [5.74, 6) is -2.38. The van der Waals surface area contributed by atoms with E-state index in [0.717, 1.165) is 0 Å². The van der Waals surface area contributed by atoms with Gasteiger partial charge < -0.3 is 25.6 Å². The zero-order valence-corrected chi connectivity index (χ0v) is 11.0. The van der Waals surface area contributed by atoms with E-state index < -0.39 is 24.0 Å². The molecular weight excluding hydrogens is 256 g/mol. The van der Waals surface area contributed by atoms with Crippen LogP contribution in [-0.4, -0.2) is 54.0 Å². The highest BCUT2D eigenvalue weighted by Crippen LogP contribution is 1.99. The second kappa shape index (κ2) is 9.15. The van der Waals surface area contributed by atoms with E-state index in [9.17, 15) is 14.4 Å². The smallest absolute Gasteiger partial charge is 0.326 e. The van der Waals surface area contributed by atoms with Crippen molar-refractivity contribution in [2.24, 2.45) is 0 Å². The van der Waals surface area contributed by atoms with Crippen molar-refractivity contribution in [3.05, 3.63) is 0 Å². The Morgan fingerprint density at radius 1 is 1.21 bits per heavy atom. The molecule has 0 aromatic carbocycles. The lowest BCUT2D eigenvalue weighted by Crippen LogP contribution is -2.50. The number of hydrogen-bond donors (Lipinski definition) is 4. The predicted molar refractivity (Wildman–Crippen MR) is 65.9 cm³/mol. The third-order valence-electron chi connectivity index (χ3n) is 2.45. The number of amides is 2. The molecule has 0 radical (unpaired) electrons. The van der Waals surface area contributed by atoms with Gasteiger partial charge in [0.05, 0.1) is 12.6 Å². The Balaban J connectivity index is 4.30. The van der Waals surface area contributed by atoms with Crippen LogP contribution in [0.4, 0.5) is 4.79 Å². The summed E-state index contributed by atoms with van der Waals surface area (Å²) >= 11 is 0. The molecule has 0 aromatic heterocycles. The Bertz CT molecular complexity index is 320. The summed E-state index contributed by atoms with van der Waals surface area (Å²) in [6.07, 6.45) is 0.139. The lowest BCUT2D eigenvalue weighted by atomic mass is 10.1. The van der Waals surface area contributed by atoms with Crippen LogP contribution in [0.1, 0.15) is 26.2 Å². The third kappa shape index (κ3) is 7.98. The molecule has 0 saturated heterocycles. The zero-order valence-electron chi connectivity index (χ0n) is 11.0. The van der Waals surface area contributed by atoms with Crippen molar-refractivity contribution < 1.29 is 29.3 Å². The lowest BCUT2D eigenvalue weighted by Gasteiger charge is -2.19. The van der Waals surface area contributed by atoms with Gasteiger partial charge in [-0.25, -0.2) is 9.59 Å². The Hall–Kier alpha value is -1.83. The van der Waals surface area contributed by atoms with E-state index in [1.165, 1.54) is 7.11 Å². The number of nitrogens with one attached hydrogen (secondary N) is 2. The number of ether oxygens (including phenoxy) is 1. The quantitative estimate of drug-likeness (QED) is 0.471. The number of carbonyl (C=O) groups excluding carboxylic acids is 1. The van der Waals surface area contributed by atoms with E-state index in [4.69, 9.17) is 14.9 Å². The Labute approximate surface area is 111 Å². The van der Waals surface area contributed by atoms with Crippen molar-refractivity contribution in [1.29, 1.82) is 0 Å². The standard InChI is InChI=1S/C11H20N2O6/c1-3-7(6-19-2)12-11(18)13-8(10(16)17)4-5-9(14)15/h7-8H,3-6H2,1-2H3,(H,14,15)(H,16,17)(H2,12,13,18)/t7?,8-/m0/s1. The maximum absolute atomic E-state index is 11.6. The van der Waals surface area contributed by atoms with Crippen LogP contribution in [0.5, 0.6) is 0 Å². The molecule has 0 spiro atoms. The van der Waals surface area contributed by atoms with Crippen molar-refractivity contribution in [3.8, 4) is 0 Å². The summed E-state index contributed by atoms with van der Waals surface area (Å²) in [4.78, 5) is 32.8. The van der Waals surface area contributed by atoms with Crippen LogP contribution in [0.3, 0.4) is 0 Å².